The highest BCUT2D eigenvalue weighted by Gasteiger charge is 2.62. The number of carbonyl (C=O) groups excluding carboxylic acids is 3. The summed E-state index contributed by atoms with van der Waals surface area (Å²) in [6.07, 6.45) is -0.0130. The zero-order valence-corrected chi connectivity index (χ0v) is 15.4. The minimum Gasteiger partial charge on any atom is -0.510 e. The molecule has 0 fully saturated rings. The third-order valence-electron chi connectivity index (χ3n) is 6.50. The number of carbonyl (C=O) groups is 3. The Hall–Kier alpha value is -3.17. The quantitative estimate of drug-likeness (QED) is 0.358. The van der Waals surface area contributed by atoms with Gasteiger partial charge in [0.25, 0.3) is 5.91 Å². The van der Waals surface area contributed by atoms with Gasteiger partial charge in [0.15, 0.2) is 11.4 Å². The van der Waals surface area contributed by atoms with Gasteiger partial charge in [-0.15, -0.1) is 0 Å². The average Bonchev–Trinajstić information content (AvgIpc) is 2.66. The van der Waals surface area contributed by atoms with Gasteiger partial charge >= 0.3 is 0 Å². The first kappa shape index (κ1) is 19.2. The molecule has 3 aliphatic rings. The molecule has 0 radical (unpaired) electrons. The monoisotopic (exact) mass is 400 g/mol. The fraction of sp³-hybridized carbons (Fsp3) is 0.350. The smallest absolute Gasteiger partial charge is 0.255 e. The van der Waals surface area contributed by atoms with Gasteiger partial charge in [0.05, 0.1) is 11.6 Å². The summed E-state index contributed by atoms with van der Waals surface area (Å²) in [6, 6.07) is 3.25. The minimum atomic E-state index is -2.68. The van der Waals surface area contributed by atoms with Gasteiger partial charge in [-0.2, -0.15) is 0 Å². The Balaban J connectivity index is 1.98. The number of phenols is 1. The number of rotatable bonds is 1. The highest BCUT2D eigenvalue weighted by molar-refractivity contribution is 6.24. The number of ketones is 2. The van der Waals surface area contributed by atoms with Crippen molar-refractivity contribution in [3.05, 3.63) is 52.0 Å². The first-order valence-corrected chi connectivity index (χ1v) is 9.09. The lowest BCUT2D eigenvalue weighted by Gasteiger charge is -2.49. The van der Waals surface area contributed by atoms with E-state index in [0.29, 0.717) is 5.56 Å². The van der Waals surface area contributed by atoms with Crippen LogP contribution in [0.2, 0.25) is 0 Å². The van der Waals surface area contributed by atoms with Gasteiger partial charge in [0, 0.05) is 11.5 Å². The van der Waals surface area contributed by atoms with E-state index < -0.39 is 58.0 Å². The number of amides is 1. The number of hydrogen-bond donors (Lipinski definition) is 6. The summed E-state index contributed by atoms with van der Waals surface area (Å²) in [5.41, 5.74) is 7.92. The number of phenolic OH excluding ortho intramolecular Hbond substituents is 1. The van der Waals surface area contributed by atoms with E-state index in [4.69, 9.17) is 11.5 Å². The Kier molecular flexibility index (Phi) is 3.91. The molecule has 0 saturated carbocycles. The molecule has 1 aromatic carbocycles. The van der Waals surface area contributed by atoms with E-state index in [1.54, 1.807) is 19.1 Å². The van der Waals surface area contributed by atoms with Crippen LogP contribution < -0.4 is 11.5 Å². The third-order valence-corrected chi connectivity index (χ3v) is 6.50. The summed E-state index contributed by atoms with van der Waals surface area (Å²) in [4.78, 5) is 37.7. The van der Waals surface area contributed by atoms with Gasteiger partial charge in [-0.05, 0) is 29.9 Å². The summed E-state index contributed by atoms with van der Waals surface area (Å²) < 4.78 is 0. The van der Waals surface area contributed by atoms with E-state index in [1.165, 1.54) is 6.07 Å². The fourth-order valence-electron chi connectivity index (χ4n) is 4.97. The Morgan fingerprint density at radius 2 is 1.86 bits per heavy atom. The molecule has 0 saturated heterocycles. The number of nitrogens with two attached hydrogens (primary N) is 2. The summed E-state index contributed by atoms with van der Waals surface area (Å²) >= 11 is 0. The van der Waals surface area contributed by atoms with Crippen LogP contribution in [0.25, 0.3) is 0 Å². The molecule has 1 aromatic rings. The molecule has 0 heterocycles. The lowest BCUT2D eigenvalue weighted by molar-refractivity contribution is -0.145. The molecule has 1 amide bonds. The van der Waals surface area contributed by atoms with Gasteiger partial charge in [-0.1, -0.05) is 19.1 Å². The predicted octanol–water partition coefficient (Wildman–Crippen LogP) is 0.0787. The molecule has 9 nitrogen and oxygen atoms in total. The van der Waals surface area contributed by atoms with Crippen molar-refractivity contribution in [1.82, 2.24) is 0 Å². The molecular weight excluding hydrogens is 380 g/mol. The molecule has 152 valence electrons. The van der Waals surface area contributed by atoms with Crippen molar-refractivity contribution in [2.24, 2.45) is 23.3 Å². The van der Waals surface area contributed by atoms with Crippen molar-refractivity contribution in [3.8, 4) is 5.75 Å². The van der Waals surface area contributed by atoms with E-state index in [-0.39, 0.29) is 29.2 Å². The number of fused-ring (bicyclic) bond motifs is 3. The molecule has 9 heteroatoms. The van der Waals surface area contributed by atoms with Crippen molar-refractivity contribution in [3.63, 3.8) is 0 Å². The predicted molar refractivity (Wildman–Crippen MR) is 98.9 cm³/mol. The largest absolute Gasteiger partial charge is 0.510 e. The Morgan fingerprint density at radius 1 is 1.21 bits per heavy atom. The van der Waals surface area contributed by atoms with Gasteiger partial charge in [0.1, 0.15) is 22.8 Å². The van der Waals surface area contributed by atoms with Crippen LogP contribution in [0.4, 0.5) is 0 Å². The van der Waals surface area contributed by atoms with Crippen LogP contribution in [-0.2, 0) is 9.59 Å². The fourth-order valence-corrected chi connectivity index (χ4v) is 4.97. The molecule has 4 rings (SSSR count). The molecule has 0 bridgehead atoms. The van der Waals surface area contributed by atoms with E-state index in [0.717, 1.165) is 0 Å². The van der Waals surface area contributed by atoms with Gasteiger partial charge in [0.2, 0.25) is 5.78 Å². The summed E-state index contributed by atoms with van der Waals surface area (Å²) in [7, 11) is 0. The molecule has 0 spiro atoms. The summed E-state index contributed by atoms with van der Waals surface area (Å²) in [5, 5.41) is 42.6. The molecule has 0 aromatic heterocycles. The van der Waals surface area contributed by atoms with Crippen LogP contribution in [0.3, 0.4) is 0 Å². The number of aliphatic hydroxyl groups excluding tert-OH is 2. The molecular formula is C20H20N2O7. The maximum Gasteiger partial charge on any atom is 0.255 e. The second-order valence-electron chi connectivity index (χ2n) is 7.82. The molecule has 29 heavy (non-hydrogen) atoms. The second kappa shape index (κ2) is 5.91. The van der Waals surface area contributed by atoms with Crippen LogP contribution in [0.15, 0.2) is 40.9 Å². The van der Waals surface area contributed by atoms with E-state index in [1.807, 2.05) is 0 Å². The van der Waals surface area contributed by atoms with Gasteiger partial charge < -0.3 is 31.9 Å². The second-order valence-corrected chi connectivity index (χ2v) is 7.82. The Labute approximate surface area is 164 Å². The first-order chi connectivity index (χ1) is 13.5. The Bertz CT molecular complexity index is 1060. The van der Waals surface area contributed by atoms with Crippen LogP contribution in [0.5, 0.6) is 5.75 Å². The lowest BCUT2D eigenvalue weighted by atomic mass is 9.57. The molecule has 5 atom stereocenters. The van der Waals surface area contributed by atoms with Crippen molar-refractivity contribution in [2.75, 3.05) is 0 Å². The number of aromatic hydroxyl groups is 1. The standard InChI is InChI=1S/C20H20N2O7/c1-6-7-3-2-4-10(23)11(7)15(24)12-8(6)5-9-14(21)16(25)13(19(22)28)18(27)20(9,29)17(12)26/h2-4,6,8-9,14,23,25-26,29H,5,21H2,1H3,(H2,22,28)/t6-,8-,9+,14+,20+/m1/s1. The Morgan fingerprint density at radius 3 is 2.48 bits per heavy atom. The van der Waals surface area contributed by atoms with Crippen molar-refractivity contribution < 1.29 is 34.8 Å². The zero-order valence-electron chi connectivity index (χ0n) is 15.4. The maximum absolute atomic E-state index is 13.1. The van der Waals surface area contributed by atoms with Crippen molar-refractivity contribution >= 4 is 17.5 Å². The zero-order chi connectivity index (χ0) is 21.4. The SMILES string of the molecule is C[C@@H]1c2cccc(O)c2C(=O)C2=C(O)[C@]3(O)C(=O)C(C(N)=O)=C(O)[C@@H](N)[C@@H]3C[C@@H]21. The molecule has 0 aliphatic heterocycles. The van der Waals surface area contributed by atoms with Crippen LogP contribution in [0.1, 0.15) is 35.2 Å². The van der Waals surface area contributed by atoms with Crippen LogP contribution in [0, 0.1) is 11.8 Å². The maximum atomic E-state index is 13.1. The number of allylic oxidation sites excluding steroid dienone is 1. The highest BCUT2D eigenvalue weighted by atomic mass is 16.3. The normalized spacial score (nSPS) is 33.9. The van der Waals surface area contributed by atoms with Gasteiger partial charge in [-0.25, -0.2) is 0 Å². The molecule has 0 unspecified atom stereocenters. The molecule has 3 aliphatic carbocycles. The number of Topliss-reactive ketones (excluding diaryl/α,β-unsaturated/α-hetero) is 2. The molecule has 8 N–H and O–H groups in total. The number of hydrogen-bond acceptors (Lipinski definition) is 8. The summed E-state index contributed by atoms with van der Waals surface area (Å²) in [6.45, 7) is 1.79. The van der Waals surface area contributed by atoms with E-state index in [2.05, 4.69) is 0 Å². The van der Waals surface area contributed by atoms with Crippen molar-refractivity contribution in [1.29, 1.82) is 0 Å². The average molecular weight is 400 g/mol. The van der Waals surface area contributed by atoms with E-state index in [9.17, 15) is 34.8 Å². The first-order valence-electron chi connectivity index (χ1n) is 9.09. The topological polar surface area (TPSA) is 184 Å². The van der Waals surface area contributed by atoms with Gasteiger partial charge in [-0.3, -0.25) is 14.4 Å². The number of primary amides is 1. The minimum absolute atomic E-state index is 0.0130. The van der Waals surface area contributed by atoms with Crippen LogP contribution >= 0.6 is 0 Å². The van der Waals surface area contributed by atoms with Crippen LogP contribution in [-0.4, -0.2) is 49.5 Å². The number of aliphatic hydroxyl groups is 3. The highest BCUT2D eigenvalue weighted by Crippen LogP contribution is 2.54. The van der Waals surface area contributed by atoms with Crippen molar-refractivity contribution in [2.45, 2.75) is 30.9 Å². The third kappa shape index (κ3) is 2.19. The number of benzene rings is 1. The van der Waals surface area contributed by atoms with E-state index >= 15 is 0 Å². The lowest BCUT2D eigenvalue weighted by Crippen LogP contribution is -2.63. The summed E-state index contributed by atoms with van der Waals surface area (Å²) in [5.74, 6) is -7.44.